The van der Waals surface area contributed by atoms with Crippen LogP contribution in [0.25, 0.3) is 0 Å². The zero-order chi connectivity index (χ0) is 15.0. The van der Waals surface area contributed by atoms with Crippen molar-refractivity contribution in [1.82, 2.24) is 4.90 Å². The van der Waals surface area contributed by atoms with E-state index in [1.807, 2.05) is 7.05 Å². The number of fused-ring (bicyclic) bond motifs is 1. The second-order valence-corrected chi connectivity index (χ2v) is 7.01. The van der Waals surface area contributed by atoms with E-state index in [4.69, 9.17) is 14.2 Å². The van der Waals surface area contributed by atoms with E-state index in [9.17, 15) is 4.79 Å². The van der Waals surface area contributed by atoms with Gasteiger partial charge < -0.3 is 14.2 Å². The molecule has 1 aliphatic carbocycles. The van der Waals surface area contributed by atoms with E-state index >= 15 is 0 Å². The SMILES string of the molecule is COC(=O)C1CC2C(Br)C(OC)=C(OC)C(Br)C2N1C. The number of halogens is 2. The van der Waals surface area contributed by atoms with Crippen molar-refractivity contribution >= 4 is 37.8 Å². The molecule has 0 aromatic heterocycles. The molecule has 0 radical (unpaired) electrons. The van der Waals surface area contributed by atoms with Gasteiger partial charge in [-0.1, -0.05) is 31.9 Å². The van der Waals surface area contributed by atoms with Gasteiger partial charge >= 0.3 is 5.97 Å². The Labute approximate surface area is 135 Å². The highest BCUT2D eigenvalue weighted by atomic mass is 79.9. The lowest BCUT2D eigenvalue weighted by Gasteiger charge is -2.38. The van der Waals surface area contributed by atoms with Gasteiger partial charge in [-0.05, 0) is 19.4 Å². The first-order valence-electron chi connectivity index (χ1n) is 6.37. The fraction of sp³-hybridized carbons (Fsp3) is 0.769. The lowest BCUT2D eigenvalue weighted by atomic mass is 9.86. The Morgan fingerprint density at radius 2 is 1.70 bits per heavy atom. The molecule has 1 heterocycles. The second kappa shape index (κ2) is 6.23. The number of allylic oxidation sites excluding steroid dienone is 1. The van der Waals surface area contributed by atoms with Crippen molar-refractivity contribution in [3.63, 3.8) is 0 Å². The molecule has 2 aliphatic rings. The number of esters is 1. The van der Waals surface area contributed by atoms with E-state index in [0.717, 1.165) is 17.9 Å². The summed E-state index contributed by atoms with van der Waals surface area (Å²) in [7, 11) is 6.65. The van der Waals surface area contributed by atoms with E-state index in [-0.39, 0.29) is 33.6 Å². The molecule has 1 aliphatic heterocycles. The number of likely N-dealkylation sites (N-methyl/N-ethyl adjacent to an activating group) is 1. The molecular formula is C13H19Br2NO4. The molecular weight excluding hydrogens is 394 g/mol. The first kappa shape index (κ1) is 16.1. The van der Waals surface area contributed by atoms with Crippen LogP contribution in [0, 0.1) is 5.92 Å². The van der Waals surface area contributed by atoms with Gasteiger partial charge in [0.05, 0.1) is 31.0 Å². The number of likely N-dealkylation sites (tertiary alicyclic amines) is 1. The molecule has 114 valence electrons. The second-order valence-electron chi connectivity index (χ2n) is 5.03. The van der Waals surface area contributed by atoms with Gasteiger partial charge in [-0.15, -0.1) is 0 Å². The number of ether oxygens (including phenoxy) is 3. The van der Waals surface area contributed by atoms with Gasteiger partial charge in [0.15, 0.2) is 0 Å². The summed E-state index contributed by atoms with van der Waals surface area (Å²) in [6, 6.07) is -0.0817. The lowest BCUT2D eigenvalue weighted by molar-refractivity contribution is -0.145. The van der Waals surface area contributed by atoms with Gasteiger partial charge in [-0.25, -0.2) is 0 Å². The summed E-state index contributed by atoms with van der Waals surface area (Å²) in [6.45, 7) is 0. The Kier molecular flexibility index (Phi) is 5.02. The van der Waals surface area contributed by atoms with Crippen LogP contribution in [0.4, 0.5) is 0 Å². The standard InChI is InChI=1S/C13H19Br2NO4/c1-16-7(13(17)20-4)5-6-8(14)11(18-2)12(19-3)9(15)10(6)16/h6-10H,5H2,1-4H3. The smallest absolute Gasteiger partial charge is 0.323 e. The predicted octanol–water partition coefficient (Wildman–Crippen LogP) is 1.89. The molecule has 0 N–H and O–H groups in total. The number of carbonyl (C=O) groups is 1. The maximum absolute atomic E-state index is 11.9. The summed E-state index contributed by atoms with van der Waals surface area (Å²) in [5.41, 5.74) is 0. The zero-order valence-electron chi connectivity index (χ0n) is 11.9. The normalized spacial score (nSPS) is 37.6. The number of methoxy groups -OCH3 is 3. The van der Waals surface area contributed by atoms with Crippen LogP contribution in [-0.2, 0) is 19.0 Å². The molecule has 20 heavy (non-hydrogen) atoms. The van der Waals surface area contributed by atoms with Gasteiger partial charge in [0.2, 0.25) is 0 Å². The monoisotopic (exact) mass is 411 g/mol. The minimum Gasteiger partial charge on any atom is -0.496 e. The first-order chi connectivity index (χ1) is 9.47. The minimum absolute atomic E-state index is 0.0130. The molecule has 0 aromatic rings. The maximum Gasteiger partial charge on any atom is 0.323 e. The summed E-state index contributed by atoms with van der Waals surface area (Å²) in [5.74, 6) is 1.61. The number of hydrogen-bond donors (Lipinski definition) is 0. The van der Waals surface area contributed by atoms with Crippen molar-refractivity contribution in [3.8, 4) is 0 Å². The van der Waals surface area contributed by atoms with Gasteiger partial charge in [0.1, 0.15) is 17.6 Å². The number of nitrogens with zero attached hydrogens (tertiary/aromatic N) is 1. The van der Waals surface area contributed by atoms with Crippen LogP contribution < -0.4 is 0 Å². The molecule has 0 bridgehead atoms. The Balaban J connectivity index is 2.35. The summed E-state index contributed by atoms with van der Waals surface area (Å²) in [4.78, 5) is 14.0. The molecule has 5 unspecified atom stereocenters. The van der Waals surface area contributed by atoms with Gasteiger partial charge in [-0.2, -0.15) is 0 Å². The Bertz CT molecular complexity index is 429. The predicted molar refractivity (Wildman–Crippen MR) is 81.9 cm³/mol. The quantitative estimate of drug-likeness (QED) is 0.523. The summed E-state index contributed by atoms with van der Waals surface area (Å²) < 4.78 is 15.9. The minimum atomic E-state index is -0.232. The third kappa shape index (κ3) is 2.37. The highest BCUT2D eigenvalue weighted by molar-refractivity contribution is 9.10. The fourth-order valence-electron chi connectivity index (χ4n) is 3.24. The Morgan fingerprint density at radius 1 is 1.15 bits per heavy atom. The number of carbonyl (C=O) groups excluding carboxylic acids is 1. The van der Waals surface area contributed by atoms with Gasteiger partial charge in [0.25, 0.3) is 0 Å². The summed E-state index contributed by atoms with van der Waals surface area (Å²) >= 11 is 7.39. The lowest BCUT2D eigenvalue weighted by Crippen LogP contribution is -2.48. The van der Waals surface area contributed by atoms with Gasteiger partial charge in [-0.3, -0.25) is 9.69 Å². The Hall–Kier alpha value is -0.270. The van der Waals surface area contributed by atoms with E-state index in [2.05, 4.69) is 36.8 Å². The molecule has 1 saturated heterocycles. The molecule has 7 heteroatoms. The zero-order valence-corrected chi connectivity index (χ0v) is 15.1. The average molecular weight is 413 g/mol. The first-order valence-corrected chi connectivity index (χ1v) is 8.21. The number of rotatable bonds is 3. The third-order valence-electron chi connectivity index (χ3n) is 4.23. The van der Waals surface area contributed by atoms with Crippen LogP contribution in [0.1, 0.15) is 6.42 Å². The summed E-state index contributed by atoms with van der Waals surface area (Å²) in [6.07, 6.45) is 0.732. The van der Waals surface area contributed by atoms with Crippen LogP contribution in [0.2, 0.25) is 0 Å². The topological polar surface area (TPSA) is 48.0 Å². The van der Waals surface area contributed by atoms with Crippen LogP contribution in [0.5, 0.6) is 0 Å². The molecule has 5 nitrogen and oxygen atoms in total. The number of hydrogen-bond acceptors (Lipinski definition) is 5. The molecule has 0 amide bonds. The van der Waals surface area contributed by atoms with Crippen LogP contribution >= 0.6 is 31.9 Å². The fourth-order valence-corrected chi connectivity index (χ4v) is 5.35. The van der Waals surface area contributed by atoms with Gasteiger partial charge in [0, 0.05) is 6.04 Å². The molecule has 0 spiro atoms. The van der Waals surface area contributed by atoms with Crippen molar-refractivity contribution in [2.75, 3.05) is 28.4 Å². The van der Waals surface area contributed by atoms with E-state index in [1.165, 1.54) is 7.11 Å². The third-order valence-corrected chi connectivity index (χ3v) is 6.28. The number of alkyl halides is 2. The van der Waals surface area contributed by atoms with Crippen LogP contribution in [-0.4, -0.2) is 61.0 Å². The summed E-state index contributed by atoms with van der Waals surface area (Å²) in [5, 5.41) is 0. The van der Waals surface area contributed by atoms with Crippen molar-refractivity contribution in [1.29, 1.82) is 0 Å². The van der Waals surface area contributed by atoms with Crippen LogP contribution in [0.3, 0.4) is 0 Å². The van der Waals surface area contributed by atoms with Crippen molar-refractivity contribution in [2.45, 2.75) is 28.2 Å². The maximum atomic E-state index is 11.9. The molecule has 2 rings (SSSR count). The Morgan fingerprint density at radius 3 is 2.20 bits per heavy atom. The van der Waals surface area contributed by atoms with Crippen LogP contribution in [0.15, 0.2) is 11.5 Å². The largest absolute Gasteiger partial charge is 0.496 e. The highest BCUT2D eigenvalue weighted by Gasteiger charge is 2.54. The van der Waals surface area contributed by atoms with Crippen molar-refractivity contribution < 1.29 is 19.0 Å². The van der Waals surface area contributed by atoms with Crippen molar-refractivity contribution in [3.05, 3.63) is 11.5 Å². The van der Waals surface area contributed by atoms with E-state index in [0.29, 0.717) is 0 Å². The van der Waals surface area contributed by atoms with Crippen molar-refractivity contribution in [2.24, 2.45) is 5.92 Å². The van der Waals surface area contributed by atoms with E-state index < -0.39 is 0 Å². The molecule has 5 atom stereocenters. The average Bonchev–Trinajstić information content (AvgIpc) is 2.79. The molecule has 0 saturated carbocycles. The highest BCUT2D eigenvalue weighted by Crippen LogP contribution is 2.47. The molecule has 1 fully saturated rings. The van der Waals surface area contributed by atoms with E-state index in [1.54, 1.807) is 14.2 Å². The molecule has 0 aromatic carbocycles.